The lowest BCUT2D eigenvalue weighted by Crippen LogP contribution is -2.51. The van der Waals surface area contributed by atoms with E-state index in [-0.39, 0.29) is 11.8 Å². The number of aliphatic carboxylic acids is 1. The summed E-state index contributed by atoms with van der Waals surface area (Å²) in [5.41, 5.74) is 0.415. The number of carboxylic acids is 1. The van der Waals surface area contributed by atoms with Gasteiger partial charge in [-0.15, -0.1) is 0 Å². The Bertz CT molecular complexity index is 549. The average Bonchev–Trinajstić information content (AvgIpc) is 2.40. The Kier molecular flexibility index (Phi) is 4.70. The Hall–Kier alpha value is -1.07. The first-order chi connectivity index (χ1) is 9.41. The molecular formula is C14H15BrClNO3. The molecule has 6 heteroatoms. The van der Waals surface area contributed by atoms with Crippen molar-refractivity contribution >= 4 is 39.4 Å². The molecule has 4 nitrogen and oxygen atoms in total. The molecule has 0 spiro atoms. The third kappa shape index (κ3) is 2.99. The zero-order valence-electron chi connectivity index (χ0n) is 11.0. The number of piperidine rings is 1. The van der Waals surface area contributed by atoms with E-state index in [0.29, 0.717) is 21.6 Å². The number of likely N-dealkylation sites (tertiary alicyclic amines) is 1. The minimum Gasteiger partial charge on any atom is -0.480 e. The van der Waals surface area contributed by atoms with Crippen LogP contribution in [0.5, 0.6) is 0 Å². The molecule has 1 fully saturated rings. The summed E-state index contributed by atoms with van der Waals surface area (Å²) >= 11 is 9.26. The maximum absolute atomic E-state index is 12.5. The fourth-order valence-electron chi connectivity index (χ4n) is 2.59. The van der Waals surface area contributed by atoms with E-state index in [1.54, 1.807) is 18.2 Å². The molecule has 0 saturated carbocycles. The highest BCUT2D eigenvalue weighted by Gasteiger charge is 2.37. The van der Waals surface area contributed by atoms with Crippen LogP contribution in [0.25, 0.3) is 0 Å². The molecule has 20 heavy (non-hydrogen) atoms. The summed E-state index contributed by atoms with van der Waals surface area (Å²) in [7, 11) is 0. The van der Waals surface area contributed by atoms with Gasteiger partial charge in [0.05, 0.1) is 5.02 Å². The fourth-order valence-corrected chi connectivity index (χ4v) is 3.01. The first-order valence-electron chi connectivity index (χ1n) is 6.40. The lowest BCUT2D eigenvalue weighted by molar-refractivity contribution is -0.145. The largest absolute Gasteiger partial charge is 0.480 e. The summed E-state index contributed by atoms with van der Waals surface area (Å²) in [6, 6.07) is 4.14. The number of benzene rings is 1. The molecule has 2 unspecified atom stereocenters. The number of halogens is 2. The molecule has 108 valence electrons. The Balaban J connectivity index is 2.30. The number of carbonyl (C=O) groups is 2. The highest BCUT2D eigenvalue weighted by atomic mass is 79.9. The van der Waals surface area contributed by atoms with Crippen LogP contribution in [0.3, 0.4) is 0 Å². The first kappa shape index (κ1) is 15.3. The number of hydrogen-bond donors (Lipinski definition) is 1. The molecule has 0 aliphatic carbocycles. The van der Waals surface area contributed by atoms with E-state index in [0.717, 1.165) is 12.8 Å². The monoisotopic (exact) mass is 359 g/mol. The second-order valence-corrected chi connectivity index (χ2v) is 6.29. The van der Waals surface area contributed by atoms with Crippen molar-refractivity contribution in [1.82, 2.24) is 4.90 Å². The van der Waals surface area contributed by atoms with Crippen LogP contribution >= 0.6 is 27.5 Å². The van der Waals surface area contributed by atoms with Crippen molar-refractivity contribution in [2.45, 2.75) is 25.8 Å². The third-order valence-corrected chi connectivity index (χ3v) is 4.85. The maximum atomic E-state index is 12.5. The van der Waals surface area contributed by atoms with Crippen molar-refractivity contribution in [3.05, 3.63) is 33.3 Å². The molecule has 0 aromatic heterocycles. The number of amides is 1. The van der Waals surface area contributed by atoms with E-state index in [1.165, 1.54) is 4.90 Å². The molecule has 2 rings (SSSR count). The van der Waals surface area contributed by atoms with Crippen molar-refractivity contribution in [2.24, 2.45) is 5.92 Å². The van der Waals surface area contributed by atoms with Crippen LogP contribution in [0.15, 0.2) is 22.7 Å². The molecule has 0 radical (unpaired) electrons. The smallest absolute Gasteiger partial charge is 0.326 e. The second kappa shape index (κ2) is 6.14. The van der Waals surface area contributed by atoms with Crippen molar-refractivity contribution < 1.29 is 14.7 Å². The van der Waals surface area contributed by atoms with E-state index in [4.69, 9.17) is 11.6 Å². The SMILES string of the molecule is CC1CCCN(C(=O)c2ccc(Br)c(Cl)c2)C1C(=O)O. The Morgan fingerprint density at radius 3 is 2.75 bits per heavy atom. The van der Waals surface area contributed by atoms with Crippen LogP contribution in [0.4, 0.5) is 0 Å². The van der Waals surface area contributed by atoms with Gasteiger partial charge in [0.1, 0.15) is 6.04 Å². The van der Waals surface area contributed by atoms with Gasteiger partial charge in [0.15, 0.2) is 0 Å². The summed E-state index contributed by atoms with van der Waals surface area (Å²) in [6.07, 6.45) is 1.64. The third-order valence-electron chi connectivity index (χ3n) is 3.61. The molecule has 1 N–H and O–H groups in total. The molecule has 0 bridgehead atoms. The number of nitrogens with zero attached hydrogens (tertiary/aromatic N) is 1. The predicted molar refractivity (Wildman–Crippen MR) is 80.0 cm³/mol. The van der Waals surface area contributed by atoms with Crippen molar-refractivity contribution in [3.63, 3.8) is 0 Å². The lowest BCUT2D eigenvalue weighted by atomic mass is 9.90. The molecule has 2 atom stereocenters. The van der Waals surface area contributed by atoms with Gasteiger partial charge in [-0.05, 0) is 52.9 Å². The van der Waals surface area contributed by atoms with Crippen LogP contribution in [0.1, 0.15) is 30.1 Å². The van der Waals surface area contributed by atoms with Gasteiger partial charge in [0.25, 0.3) is 5.91 Å². The molecule has 1 amide bonds. The molecule has 1 heterocycles. The maximum Gasteiger partial charge on any atom is 0.326 e. The van der Waals surface area contributed by atoms with Crippen LogP contribution < -0.4 is 0 Å². The topological polar surface area (TPSA) is 57.6 Å². The van der Waals surface area contributed by atoms with E-state index in [1.807, 2.05) is 6.92 Å². The number of hydrogen-bond acceptors (Lipinski definition) is 2. The normalized spacial score (nSPS) is 22.6. The van der Waals surface area contributed by atoms with Crippen molar-refractivity contribution in [1.29, 1.82) is 0 Å². The van der Waals surface area contributed by atoms with Gasteiger partial charge in [0, 0.05) is 16.6 Å². The highest BCUT2D eigenvalue weighted by molar-refractivity contribution is 9.10. The van der Waals surface area contributed by atoms with E-state index < -0.39 is 12.0 Å². The Morgan fingerprint density at radius 1 is 1.45 bits per heavy atom. The van der Waals surface area contributed by atoms with Crippen LogP contribution in [0, 0.1) is 5.92 Å². The number of rotatable bonds is 2. The standard InChI is InChI=1S/C14H15BrClNO3/c1-8-3-2-6-17(12(8)14(19)20)13(18)9-4-5-10(15)11(16)7-9/h4-5,7-8,12H,2-3,6H2,1H3,(H,19,20). The Morgan fingerprint density at radius 2 is 2.15 bits per heavy atom. The van der Waals surface area contributed by atoms with Crippen LogP contribution in [-0.2, 0) is 4.79 Å². The lowest BCUT2D eigenvalue weighted by Gasteiger charge is -2.37. The quantitative estimate of drug-likeness (QED) is 0.879. The fraction of sp³-hybridized carbons (Fsp3) is 0.429. The van der Waals surface area contributed by atoms with Gasteiger partial charge in [-0.1, -0.05) is 18.5 Å². The zero-order valence-corrected chi connectivity index (χ0v) is 13.3. The molecular weight excluding hydrogens is 346 g/mol. The summed E-state index contributed by atoms with van der Waals surface area (Å²) in [5.74, 6) is -1.27. The minimum atomic E-state index is -0.950. The van der Waals surface area contributed by atoms with Crippen molar-refractivity contribution in [2.75, 3.05) is 6.54 Å². The van der Waals surface area contributed by atoms with E-state index in [2.05, 4.69) is 15.9 Å². The average molecular weight is 361 g/mol. The second-order valence-electron chi connectivity index (χ2n) is 5.03. The summed E-state index contributed by atoms with van der Waals surface area (Å²) in [6.45, 7) is 2.33. The van der Waals surface area contributed by atoms with E-state index in [9.17, 15) is 14.7 Å². The van der Waals surface area contributed by atoms with Gasteiger partial charge in [-0.25, -0.2) is 4.79 Å². The van der Waals surface area contributed by atoms with Gasteiger partial charge < -0.3 is 10.0 Å². The highest BCUT2D eigenvalue weighted by Crippen LogP contribution is 2.28. The minimum absolute atomic E-state index is 0.0453. The van der Waals surface area contributed by atoms with E-state index >= 15 is 0 Å². The van der Waals surface area contributed by atoms with Crippen molar-refractivity contribution in [3.8, 4) is 0 Å². The summed E-state index contributed by atoms with van der Waals surface area (Å²) in [5, 5.41) is 9.78. The van der Waals surface area contributed by atoms with Gasteiger partial charge in [0.2, 0.25) is 0 Å². The zero-order chi connectivity index (χ0) is 14.9. The van der Waals surface area contributed by atoms with Crippen LogP contribution in [-0.4, -0.2) is 34.5 Å². The molecule has 1 aromatic carbocycles. The predicted octanol–water partition coefficient (Wildman–Crippen LogP) is 3.43. The Labute approximate surface area is 130 Å². The molecule has 1 aliphatic heterocycles. The first-order valence-corrected chi connectivity index (χ1v) is 7.57. The molecule has 1 saturated heterocycles. The summed E-state index contributed by atoms with van der Waals surface area (Å²) in [4.78, 5) is 25.4. The number of carboxylic acid groups (broad SMARTS) is 1. The van der Waals surface area contributed by atoms with Crippen LogP contribution in [0.2, 0.25) is 5.02 Å². The summed E-state index contributed by atoms with van der Waals surface area (Å²) < 4.78 is 0.706. The molecule has 1 aliphatic rings. The van der Waals surface area contributed by atoms with Gasteiger partial charge in [-0.2, -0.15) is 0 Å². The van der Waals surface area contributed by atoms with Gasteiger partial charge in [-0.3, -0.25) is 4.79 Å². The number of carbonyl (C=O) groups excluding carboxylic acids is 1. The van der Waals surface area contributed by atoms with Gasteiger partial charge >= 0.3 is 5.97 Å². The molecule has 1 aromatic rings.